The molecule has 1 heterocycles. The fraction of sp³-hybridized carbons (Fsp3) is 0.0909. The quantitative estimate of drug-likeness (QED) is 0.727. The van der Waals surface area contributed by atoms with Gasteiger partial charge in [-0.05, 0) is 25.1 Å². The zero-order valence-electron chi connectivity index (χ0n) is 9.10. The average molecular weight is 249 g/mol. The number of carboxylic acids is 1. The molecule has 0 saturated carbocycles. The first-order valence-corrected chi connectivity index (χ1v) is 5.70. The number of anilines is 3. The van der Waals surface area contributed by atoms with Gasteiger partial charge in [0.15, 0.2) is 5.13 Å². The van der Waals surface area contributed by atoms with Crippen LogP contribution in [0.5, 0.6) is 0 Å². The molecule has 6 heteroatoms. The van der Waals surface area contributed by atoms with Gasteiger partial charge in [0.25, 0.3) is 0 Å². The topological polar surface area (TPSA) is 88.2 Å². The first-order chi connectivity index (χ1) is 8.06. The van der Waals surface area contributed by atoms with Crippen molar-refractivity contribution >= 4 is 33.8 Å². The molecule has 1 aromatic carbocycles. The van der Waals surface area contributed by atoms with Crippen LogP contribution in [-0.4, -0.2) is 16.1 Å². The summed E-state index contributed by atoms with van der Waals surface area (Å²) in [5.74, 6) is -0.992. The number of carbonyl (C=O) groups is 1. The number of aryl methyl sites for hydroxylation is 1. The Balaban J connectivity index is 2.25. The highest BCUT2D eigenvalue weighted by Crippen LogP contribution is 2.26. The predicted octanol–water partition coefficient (Wildman–Crippen LogP) is 2.48. The molecule has 0 radical (unpaired) electrons. The Morgan fingerprint density at radius 1 is 1.53 bits per heavy atom. The molecular weight excluding hydrogens is 238 g/mol. The van der Waals surface area contributed by atoms with Gasteiger partial charge in [-0.15, -0.1) is 11.3 Å². The van der Waals surface area contributed by atoms with Crippen LogP contribution in [0.25, 0.3) is 0 Å². The third-order valence-corrected chi connectivity index (χ3v) is 2.99. The van der Waals surface area contributed by atoms with Crippen molar-refractivity contribution in [1.82, 2.24) is 4.98 Å². The van der Waals surface area contributed by atoms with Crippen LogP contribution in [0.1, 0.15) is 15.2 Å². The number of nitrogens with two attached hydrogens (primary N) is 1. The van der Waals surface area contributed by atoms with Crippen molar-refractivity contribution in [2.45, 2.75) is 6.92 Å². The minimum Gasteiger partial charge on any atom is -0.478 e. The molecular formula is C11H11N3O2S. The molecule has 1 aromatic heterocycles. The molecule has 5 nitrogen and oxygen atoms in total. The van der Waals surface area contributed by atoms with E-state index in [1.165, 1.54) is 23.5 Å². The number of hydrogen-bond donors (Lipinski definition) is 3. The van der Waals surface area contributed by atoms with E-state index in [1.807, 2.05) is 6.92 Å². The van der Waals surface area contributed by atoms with E-state index in [0.29, 0.717) is 11.4 Å². The number of nitrogens with one attached hydrogen (secondary N) is 1. The van der Waals surface area contributed by atoms with Gasteiger partial charge >= 0.3 is 5.97 Å². The van der Waals surface area contributed by atoms with Gasteiger partial charge in [-0.3, -0.25) is 0 Å². The molecule has 0 aliphatic heterocycles. The zero-order chi connectivity index (χ0) is 12.4. The van der Waals surface area contributed by atoms with Crippen LogP contribution in [-0.2, 0) is 0 Å². The van der Waals surface area contributed by atoms with Gasteiger partial charge in [-0.25, -0.2) is 9.78 Å². The first kappa shape index (κ1) is 11.4. The SMILES string of the molecule is Cc1cnc(Nc2ccc(C(=O)O)cc2N)s1. The van der Waals surface area contributed by atoms with E-state index in [0.717, 1.165) is 10.0 Å². The van der Waals surface area contributed by atoms with Crippen LogP contribution < -0.4 is 11.1 Å². The average Bonchev–Trinajstić information content (AvgIpc) is 2.67. The third-order valence-electron chi connectivity index (χ3n) is 2.16. The Morgan fingerprint density at radius 2 is 2.29 bits per heavy atom. The van der Waals surface area contributed by atoms with Crippen LogP contribution in [0.3, 0.4) is 0 Å². The highest BCUT2D eigenvalue weighted by atomic mass is 32.1. The summed E-state index contributed by atoms with van der Waals surface area (Å²) in [5.41, 5.74) is 6.98. The van der Waals surface area contributed by atoms with Crippen molar-refractivity contribution in [1.29, 1.82) is 0 Å². The van der Waals surface area contributed by atoms with Gasteiger partial charge < -0.3 is 16.2 Å². The fourth-order valence-electron chi connectivity index (χ4n) is 1.34. The molecule has 0 amide bonds. The Bertz CT molecular complexity index is 566. The van der Waals surface area contributed by atoms with E-state index < -0.39 is 5.97 Å². The van der Waals surface area contributed by atoms with Crippen molar-refractivity contribution in [2.24, 2.45) is 0 Å². The molecule has 0 aliphatic carbocycles. The molecule has 88 valence electrons. The van der Waals surface area contributed by atoms with E-state index in [4.69, 9.17) is 10.8 Å². The largest absolute Gasteiger partial charge is 0.478 e. The monoisotopic (exact) mass is 249 g/mol. The lowest BCUT2D eigenvalue weighted by molar-refractivity contribution is 0.0697. The second kappa shape index (κ2) is 4.42. The summed E-state index contributed by atoms with van der Waals surface area (Å²) < 4.78 is 0. The number of nitrogen functional groups attached to an aromatic ring is 1. The summed E-state index contributed by atoms with van der Waals surface area (Å²) in [7, 11) is 0. The Kier molecular flexibility index (Phi) is 2.97. The predicted molar refractivity (Wildman–Crippen MR) is 67.9 cm³/mol. The zero-order valence-corrected chi connectivity index (χ0v) is 9.91. The van der Waals surface area contributed by atoms with Crippen molar-refractivity contribution in [3.63, 3.8) is 0 Å². The van der Waals surface area contributed by atoms with Crippen LogP contribution in [0.15, 0.2) is 24.4 Å². The number of benzene rings is 1. The molecule has 0 spiro atoms. The molecule has 0 fully saturated rings. The highest BCUT2D eigenvalue weighted by molar-refractivity contribution is 7.15. The maximum Gasteiger partial charge on any atom is 0.335 e. The van der Waals surface area contributed by atoms with Crippen molar-refractivity contribution in [3.8, 4) is 0 Å². The molecule has 17 heavy (non-hydrogen) atoms. The summed E-state index contributed by atoms with van der Waals surface area (Å²) in [6.07, 6.45) is 1.76. The van der Waals surface area contributed by atoms with E-state index in [-0.39, 0.29) is 5.56 Å². The number of hydrogen-bond acceptors (Lipinski definition) is 5. The lowest BCUT2D eigenvalue weighted by Gasteiger charge is -2.07. The van der Waals surface area contributed by atoms with Gasteiger partial charge in [-0.1, -0.05) is 0 Å². The third kappa shape index (κ3) is 2.54. The standard InChI is InChI=1S/C11H11N3O2S/c1-6-5-13-11(17-6)14-9-3-2-7(10(15)16)4-8(9)12/h2-5H,12H2,1H3,(H,13,14)(H,15,16). The molecule has 0 aliphatic rings. The molecule has 0 saturated heterocycles. The molecule has 2 rings (SSSR count). The van der Waals surface area contributed by atoms with Gasteiger partial charge in [0.1, 0.15) is 0 Å². The number of nitrogens with zero attached hydrogens (tertiary/aromatic N) is 1. The van der Waals surface area contributed by atoms with Crippen molar-refractivity contribution in [2.75, 3.05) is 11.1 Å². The van der Waals surface area contributed by atoms with Crippen LogP contribution >= 0.6 is 11.3 Å². The number of carboxylic acid groups (broad SMARTS) is 1. The van der Waals surface area contributed by atoms with Crippen molar-refractivity contribution in [3.05, 3.63) is 34.8 Å². The maximum absolute atomic E-state index is 10.7. The van der Waals surface area contributed by atoms with E-state index >= 15 is 0 Å². The minimum atomic E-state index is -0.992. The van der Waals surface area contributed by atoms with Crippen LogP contribution in [0.2, 0.25) is 0 Å². The van der Waals surface area contributed by atoms with E-state index in [2.05, 4.69) is 10.3 Å². The summed E-state index contributed by atoms with van der Waals surface area (Å²) >= 11 is 1.51. The summed E-state index contributed by atoms with van der Waals surface area (Å²) in [6.45, 7) is 1.96. The van der Waals surface area contributed by atoms with E-state index in [1.54, 1.807) is 12.3 Å². The van der Waals surface area contributed by atoms with Crippen LogP contribution in [0.4, 0.5) is 16.5 Å². The Morgan fingerprint density at radius 3 is 2.82 bits per heavy atom. The number of rotatable bonds is 3. The van der Waals surface area contributed by atoms with Crippen molar-refractivity contribution < 1.29 is 9.90 Å². The summed E-state index contributed by atoms with van der Waals surface area (Å²) in [5, 5.41) is 12.6. The van der Waals surface area contributed by atoms with Gasteiger partial charge in [-0.2, -0.15) is 0 Å². The smallest absolute Gasteiger partial charge is 0.335 e. The Hall–Kier alpha value is -2.08. The fourth-order valence-corrected chi connectivity index (χ4v) is 2.01. The van der Waals surface area contributed by atoms with Gasteiger partial charge in [0, 0.05) is 11.1 Å². The molecule has 2 aromatic rings. The molecule has 0 bridgehead atoms. The Labute approximate surface area is 102 Å². The first-order valence-electron chi connectivity index (χ1n) is 4.88. The summed E-state index contributed by atoms with van der Waals surface area (Å²) in [6, 6.07) is 4.56. The molecule has 0 unspecified atom stereocenters. The van der Waals surface area contributed by atoms with Gasteiger partial charge in [0.05, 0.1) is 16.9 Å². The molecule has 4 N–H and O–H groups in total. The lowest BCUT2D eigenvalue weighted by Crippen LogP contribution is -2.01. The second-order valence-corrected chi connectivity index (χ2v) is 4.74. The van der Waals surface area contributed by atoms with Crippen LogP contribution in [0, 0.1) is 6.92 Å². The molecule has 0 atom stereocenters. The maximum atomic E-state index is 10.7. The normalized spacial score (nSPS) is 10.2. The highest BCUT2D eigenvalue weighted by Gasteiger charge is 2.07. The summed E-state index contributed by atoms with van der Waals surface area (Å²) in [4.78, 5) is 16.0. The number of aromatic nitrogens is 1. The lowest BCUT2D eigenvalue weighted by atomic mass is 10.2. The minimum absolute atomic E-state index is 0.170. The number of aromatic carboxylic acids is 1. The van der Waals surface area contributed by atoms with Gasteiger partial charge in [0.2, 0.25) is 0 Å². The van der Waals surface area contributed by atoms with E-state index in [9.17, 15) is 4.79 Å². The number of thiazole rings is 1. The second-order valence-electron chi connectivity index (χ2n) is 3.51.